The number of hydrogen-bond acceptors (Lipinski definition) is 2. The van der Waals surface area contributed by atoms with E-state index < -0.39 is 0 Å². The molecular weight excluding hydrogens is 168 g/mol. The molecular formula is C9H16N2O2. The van der Waals surface area contributed by atoms with Gasteiger partial charge in [-0.1, -0.05) is 0 Å². The van der Waals surface area contributed by atoms with Crippen molar-refractivity contribution in [2.45, 2.75) is 18.9 Å². The van der Waals surface area contributed by atoms with Crippen LogP contribution in [0, 0.1) is 5.92 Å². The van der Waals surface area contributed by atoms with Crippen LogP contribution in [0.25, 0.3) is 0 Å². The van der Waals surface area contributed by atoms with Crippen LogP contribution in [0.4, 0.5) is 4.79 Å². The molecule has 74 valence electrons. The van der Waals surface area contributed by atoms with Crippen molar-refractivity contribution in [2.75, 3.05) is 26.7 Å². The first-order valence-corrected chi connectivity index (χ1v) is 4.89. The van der Waals surface area contributed by atoms with Crippen molar-refractivity contribution in [3.63, 3.8) is 0 Å². The van der Waals surface area contributed by atoms with Gasteiger partial charge in [-0.3, -0.25) is 0 Å². The summed E-state index contributed by atoms with van der Waals surface area (Å²) in [5.41, 5.74) is 0. The van der Waals surface area contributed by atoms with Crippen LogP contribution in [0.2, 0.25) is 0 Å². The zero-order chi connectivity index (χ0) is 9.26. The second kappa shape index (κ2) is 3.54. The third kappa shape index (κ3) is 1.63. The first-order chi connectivity index (χ1) is 6.31. The van der Waals surface area contributed by atoms with Gasteiger partial charge in [-0.15, -0.1) is 0 Å². The van der Waals surface area contributed by atoms with E-state index in [4.69, 9.17) is 4.74 Å². The van der Waals surface area contributed by atoms with E-state index in [1.807, 2.05) is 4.90 Å². The number of nitrogens with zero attached hydrogens (tertiary/aromatic N) is 1. The standard InChI is InChI=1S/C9H16N2O2/c1-10-9(12)11-4-2-8-7(6-11)3-5-13-8/h7-8H,2-6H2,1H3,(H,10,12)/t7-,8+/m0/s1. The molecule has 2 aliphatic heterocycles. The lowest BCUT2D eigenvalue weighted by molar-refractivity contribution is 0.0454. The summed E-state index contributed by atoms with van der Waals surface area (Å²) >= 11 is 0. The lowest BCUT2D eigenvalue weighted by Crippen LogP contribution is -2.47. The minimum Gasteiger partial charge on any atom is -0.378 e. The molecule has 0 bridgehead atoms. The molecule has 1 N–H and O–H groups in total. The molecule has 4 heteroatoms. The summed E-state index contributed by atoms with van der Waals surface area (Å²) in [6.45, 7) is 2.57. The van der Waals surface area contributed by atoms with Gasteiger partial charge in [-0.05, 0) is 12.8 Å². The Kier molecular flexibility index (Phi) is 2.40. The number of rotatable bonds is 0. The van der Waals surface area contributed by atoms with Crippen molar-refractivity contribution in [3.05, 3.63) is 0 Å². The number of likely N-dealkylation sites (tertiary alicyclic amines) is 1. The quantitative estimate of drug-likeness (QED) is 0.593. The van der Waals surface area contributed by atoms with Gasteiger partial charge in [0.05, 0.1) is 6.10 Å². The molecule has 0 radical (unpaired) electrons. The predicted molar refractivity (Wildman–Crippen MR) is 48.5 cm³/mol. The molecule has 2 atom stereocenters. The van der Waals surface area contributed by atoms with E-state index in [1.54, 1.807) is 7.05 Å². The van der Waals surface area contributed by atoms with Crippen LogP contribution in [0.5, 0.6) is 0 Å². The Balaban J connectivity index is 1.93. The fraction of sp³-hybridized carbons (Fsp3) is 0.889. The topological polar surface area (TPSA) is 41.6 Å². The molecule has 0 aromatic carbocycles. The Morgan fingerprint density at radius 1 is 1.54 bits per heavy atom. The van der Waals surface area contributed by atoms with Gasteiger partial charge in [0, 0.05) is 32.7 Å². The maximum atomic E-state index is 11.3. The van der Waals surface area contributed by atoms with Gasteiger partial charge < -0.3 is 15.0 Å². The maximum Gasteiger partial charge on any atom is 0.317 e. The Hall–Kier alpha value is -0.770. The number of amides is 2. The molecule has 0 aliphatic carbocycles. The van der Waals surface area contributed by atoms with E-state index in [-0.39, 0.29) is 6.03 Å². The van der Waals surface area contributed by atoms with Crippen LogP contribution >= 0.6 is 0 Å². The maximum absolute atomic E-state index is 11.3. The Morgan fingerprint density at radius 3 is 3.15 bits per heavy atom. The van der Waals surface area contributed by atoms with Crippen molar-refractivity contribution in [2.24, 2.45) is 5.92 Å². The van der Waals surface area contributed by atoms with E-state index in [9.17, 15) is 4.79 Å². The molecule has 0 aromatic heterocycles. The minimum absolute atomic E-state index is 0.0466. The molecule has 2 amide bonds. The molecule has 0 spiro atoms. The van der Waals surface area contributed by atoms with Crippen molar-refractivity contribution >= 4 is 6.03 Å². The average molecular weight is 184 g/mol. The zero-order valence-electron chi connectivity index (χ0n) is 7.95. The molecule has 4 nitrogen and oxygen atoms in total. The monoisotopic (exact) mass is 184 g/mol. The highest BCUT2D eigenvalue weighted by Crippen LogP contribution is 2.28. The number of nitrogens with one attached hydrogen (secondary N) is 1. The first-order valence-electron chi connectivity index (χ1n) is 4.89. The summed E-state index contributed by atoms with van der Waals surface area (Å²) in [5.74, 6) is 0.575. The summed E-state index contributed by atoms with van der Waals surface area (Å²) < 4.78 is 5.56. The fourth-order valence-electron chi connectivity index (χ4n) is 2.22. The average Bonchev–Trinajstić information content (AvgIpc) is 2.63. The van der Waals surface area contributed by atoms with Gasteiger partial charge in [-0.25, -0.2) is 4.79 Å². The Labute approximate surface area is 78.2 Å². The second-order valence-corrected chi connectivity index (χ2v) is 3.75. The SMILES string of the molecule is CNC(=O)N1CC[C@H]2OCC[C@H]2C1. The largest absolute Gasteiger partial charge is 0.378 e. The fourth-order valence-corrected chi connectivity index (χ4v) is 2.22. The number of fused-ring (bicyclic) bond motifs is 1. The highest BCUT2D eigenvalue weighted by atomic mass is 16.5. The molecule has 2 fully saturated rings. The van der Waals surface area contributed by atoms with Crippen LogP contribution in [0.1, 0.15) is 12.8 Å². The molecule has 2 rings (SSSR count). The molecule has 0 aromatic rings. The number of urea groups is 1. The number of hydrogen-bond donors (Lipinski definition) is 1. The normalized spacial score (nSPS) is 32.8. The van der Waals surface area contributed by atoms with Gasteiger partial charge in [0.25, 0.3) is 0 Å². The van der Waals surface area contributed by atoms with E-state index >= 15 is 0 Å². The predicted octanol–water partition coefficient (Wildman–Crippen LogP) is 0.437. The summed E-state index contributed by atoms with van der Waals surface area (Å²) in [4.78, 5) is 13.2. The highest BCUT2D eigenvalue weighted by Gasteiger charge is 2.35. The van der Waals surface area contributed by atoms with Crippen molar-refractivity contribution in [1.29, 1.82) is 0 Å². The van der Waals surface area contributed by atoms with E-state index in [0.29, 0.717) is 12.0 Å². The van der Waals surface area contributed by atoms with Crippen molar-refractivity contribution in [1.82, 2.24) is 10.2 Å². The molecule has 0 unspecified atom stereocenters. The summed E-state index contributed by atoms with van der Waals surface area (Å²) in [5, 5.41) is 2.66. The number of carbonyl (C=O) groups excluding carboxylic acids is 1. The van der Waals surface area contributed by atoms with Gasteiger partial charge >= 0.3 is 6.03 Å². The Morgan fingerprint density at radius 2 is 2.38 bits per heavy atom. The van der Waals surface area contributed by atoms with Gasteiger partial charge in [-0.2, -0.15) is 0 Å². The number of carbonyl (C=O) groups is 1. The molecule has 2 heterocycles. The number of piperidine rings is 1. The van der Waals surface area contributed by atoms with Crippen LogP contribution in [0.15, 0.2) is 0 Å². The van der Waals surface area contributed by atoms with Crippen LogP contribution in [-0.2, 0) is 4.74 Å². The van der Waals surface area contributed by atoms with E-state index in [0.717, 1.165) is 32.5 Å². The van der Waals surface area contributed by atoms with E-state index in [2.05, 4.69) is 5.32 Å². The van der Waals surface area contributed by atoms with Gasteiger partial charge in [0.2, 0.25) is 0 Å². The molecule has 0 saturated carbocycles. The van der Waals surface area contributed by atoms with Crippen molar-refractivity contribution < 1.29 is 9.53 Å². The van der Waals surface area contributed by atoms with Gasteiger partial charge in [0.15, 0.2) is 0 Å². The molecule has 2 aliphatic rings. The highest BCUT2D eigenvalue weighted by molar-refractivity contribution is 5.73. The number of ether oxygens (including phenoxy) is 1. The zero-order valence-corrected chi connectivity index (χ0v) is 7.95. The van der Waals surface area contributed by atoms with E-state index in [1.165, 1.54) is 0 Å². The molecule has 13 heavy (non-hydrogen) atoms. The lowest BCUT2D eigenvalue weighted by atomic mass is 9.94. The summed E-state index contributed by atoms with van der Waals surface area (Å²) in [7, 11) is 1.68. The van der Waals surface area contributed by atoms with Crippen molar-refractivity contribution in [3.8, 4) is 0 Å². The summed E-state index contributed by atoms with van der Waals surface area (Å²) in [6.07, 6.45) is 2.52. The smallest absolute Gasteiger partial charge is 0.317 e. The van der Waals surface area contributed by atoms with Crippen LogP contribution < -0.4 is 5.32 Å². The summed E-state index contributed by atoms with van der Waals surface area (Å²) in [6, 6.07) is 0.0466. The third-order valence-electron chi connectivity index (χ3n) is 2.99. The molecule has 2 saturated heterocycles. The third-order valence-corrected chi connectivity index (χ3v) is 2.99. The lowest BCUT2D eigenvalue weighted by Gasteiger charge is -2.33. The Bertz CT molecular complexity index is 208. The second-order valence-electron chi connectivity index (χ2n) is 3.75. The minimum atomic E-state index is 0.0466. The van der Waals surface area contributed by atoms with Crippen LogP contribution in [-0.4, -0.2) is 43.8 Å². The van der Waals surface area contributed by atoms with Gasteiger partial charge in [0.1, 0.15) is 0 Å². The van der Waals surface area contributed by atoms with Crippen LogP contribution in [0.3, 0.4) is 0 Å². The first kappa shape index (κ1) is 8.81.